The summed E-state index contributed by atoms with van der Waals surface area (Å²) in [4.78, 5) is 16.2. The third-order valence-corrected chi connectivity index (χ3v) is 5.27. The van der Waals surface area contributed by atoms with Gasteiger partial charge in [0.05, 0.1) is 15.8 Å². The Labute approximate surface area is 175 Å². The minimum Gasteiger partial charge on any atom is -0.310 e. The summed E-state index contributed by atoms with van der Waals surface area (Å²) in [6.45, 7) is 2.60. The minimum absolute atomic E-state index is 0.163. The molecule has 0 bridgehead atoms. The van der Waals surface area contributed by atoms with Crippen LogP contribution in [0.15, 0.2) is 41.7 Å². The summed E-state index contributed by atoms with van der Waals surface area (Å²) in [5.41, 5.74) is 0.733. The highest BCUT2D eigenvalue weighted by molar-refractivity contribution is 7.99. The van der Waals surface area contributed by atoms with Gasteiger partial charge >= 0.3 is 0 Å². The molecule has 3 rings (SSSR count). The number of halogens is 3. The smallest absolute Gasteiger partial charge is 0.236 e. The molecule has 0 aliphatic rings. The second kappa shape index (κ2) is 8.93. The number of nitrogens with zero attached hydrogens (tertiary/aromatic N) is 4. The van der Waals surface area contributed by atoms with Crippen molar-refractivity contribution in [1.82, 2.24) is 19.7 Å². The zero-order valence-corrected chi connectivity index (χ0v) is 17.2. The maximum atomic E-state index is 12.1. The number of pyridine rings is 1. The van der Waals surface area contributed by atoms with Crippen LogP contribution in [-0.2, 0) is 11.3 Å². The number of nitrogens with one attached hydrogen (secondary N) is 1. The second-order valence-corrected chi connectivity index (χ2v) is 7.60. The molecule has 2 aromatic heterocycles. The van der Waals surface area contributed by atoms with E-state index in [1.807, 2.05) is 11.5 Å². The van der Waals surface area contributed by atoms with Gasteiger partial charge in [0, 0.05) is 23.3 Å². The summed E-state index contributed by atoms with van der Waals surface area (Å²) < 4.78 is 1.90. The molecule has 2 heterocycles. The van der Waals surface area contributed by atoms with E-state index in [4.69, 9.17) is 34.8 Å². The Morgan fingerprint density at radius 1 is 1.15 bits per heavy atom. The second-order valence-electron chi connectivity index (χ2n) is 5.37. The maximum Gasteiger partial charge on any atom is 0.236 e. The Morgan fingerprint density at radius 3 is 2.59 bits per heavy atom. The number of anilines is 1. The number of carbonyl (C=O) groups is 1. The number of amides is 1. The SMILES string of the molecule is CCn1c(SCC(=O)Nc2ccc(Cl)cn2)nnc1-c1ccc(Cl)cc1Cl. The zero-order valence-electron chi connectivity index (χ0n) is 14.1. The van der Waals surface area contributed by atoms with E-state index in [0.717, 1.165) is 5.56 Å². The van der Waals surface area contributed by atoms with Gasteiger partial charge < -0.3 is 9.88 Å². The van der Waals surface area contributed by atoms with Gasteiger partial charge in [-0.1, -0.05) is 46.6 Å². The van der Waals surface area contributed by atoms with Crippen molar-refractivity contribution < 1.29 is 4.79 Å². The topological polar surface area (TPSA) is 72.7 Å². The number of rotatable bonds is 6. The third kappa shape index (κ3) is 4.93. The van der Waals surface area contributed by atoms with E-state index in [0.29, 0.717) is 38.4 Å². The number of benzene rings is 1. The van der Waals surface area contributed by atoms with Gasteiger partial charge in [-0.15, -0.1) is 10.2 Å². The van der Waals surface area contributed by atoms with E-state index in [2.05, 4.69) is 20.5 Å². The van der Waals surface area contributed by atoms with E-state index in [9.17, 15) is 4.79 Å². The van der Waals surface area contributed by atoms with Gasteiger partial charge in [0.2, 0.25) is 5.91 Å². The van der Waals surface area contributed by atoms with Crippen molar-refractivity contribution in [2.45, 2.75) is 18.6 Å². The van der Waals surface area contributed by atoms with Gasteiger partial charge in [0.25, 0.3) is 0 Å². The van der Waals surface area contributed by atoms with Crippen molar-refractivity contribution in [2.24, 2.45) is 0 Å². The summed E-state index contributed by atoms with van der Waals surface area (Å²) in [5.74, 6) is 1.03. The summed E-state index contributed by atoms with van der Waals surface area (Å²) in [6.07, 6.45) is 1.47. The molecule has 10 heteroatoms. The molecule has 6 nitrogen and oxygen atoms in total. The molecule has 0 aliphatic heterocycles. The van der Waals surface area contributed by atoms with E-state index in [1.165, 1.54) is 18.0 Å². The molecule has 27 heavy (non-hydrogen) atoms. The first-order chi connectivity index (χ1) is 13.0. The summed E-state index contributed by atoms with van der Waals surface area (Å²) >= 11 is 19.3. The molecule has 0 aliphatic carbocycles. The van der Waals surface area contributed by atoms with Gasteiger partial charge in [-0.05, 0) is 37.3 Å². The van der Waals surface area contributed by atoms with Crippen LogP contribution in [0.5, 0.6) is 0 Å². The first-order valence-corrected chi connectivity index (χ1v) is 10.0. The van der Waals surface area contributed by atoms with Crippen LogP contribution in [0.2, 0.25) is 15.1 Å². The van der Waals surface area contributed by atoms with Crippen LogP contribution in [0.1, 0.15) is 6.92 Å². The van der Waals surface area contributed by atoms with Gasteiger partial charge in [-0.2, -0.15) is 0 Å². The molecule has 1 amide bonds. The van der Waals surface area contributed by atoms with Gasteiger partial charge in [0.15, 0.2) is 11.0 Å². The van der Waals surface area contributed by atoms with Crippen LogP contribution in [0.25, 0.3) is 11.4 Å². The molecule has 0 spiro atoms. The zero-order chi connectivity index (χ0) is 19.4. The molecule has 0 atom stereocenters. The Balaban J connectivity index is 1.71. The Bertz CT molecular complexity index is 962. The molecule has 3 aromatic rings. The Hall–Kier alpha value is -1.80. The lowest BCUT2D eigenvalue weighted by Crippen LogP contribution is -2.15. The highest BCUT2D eigenvalue weighted by atomic mass is 35.5. The van der Waals surface area contributed by atoms with E-state index in [-0.39, 0.29) is 11.7 Å². The van der Waals surface area contributed by atoms with Crippen LogP contribution < -0.4 is 5.32 Å². The van der Waals surface area contributed by atoms with Crippen molar-refractivity contribution in [2.75, 3.05) is 11.1 Å². The molecule has 1 N–H and O–H groups in total. The van der Waals surface area contributed by atoms with Crippen LogP contribution in [0, 0.1) is 0 Å². The first kappa shape index (κ1) is 19.9. The summed E-state index contributed by atoms with van der Waals surface area (Å²) in [5, 5.41) is 13.3. The minimum atomic E-state index is -0.202. The highest BCUT2D eigenvalue weighted by Crippen LogP contribution is 2.31. The largest absolute Gasteiger partial charge is 0.310 e. The lowest BCUT2D eigenvalue weighted by molar-refractivity contribution is -0.113. The fourth-order valence-corrected chi connectivity index (χ4v) is 3.72. The predicted molar refractivity (Wildman–Crippen MR) is 110 cm³/mol. The summed E-state index contributed by atoms with van der Waals surface area (Å²) in [7, 11) is 0. The van der Waals surface area contributed by atoms with Crippen LogP contribution in [0.3, 0.4) is 0 Å². The fraction of sp³-hybridized carbons (Fsp3) is 0.176. The monoisotopic (exact) mass is 441 g/mol. The molecular weight excluding hydrogens is 429 g/mol. The molecule has 0 saturated carbocycles. The van der Waals surface area contributed by atoms with Crippen molar-refractivity contribution in [1.29, 1.82) is 0 Å². The molecule has 0 fully saturated rings. The highest BCUT2D eigenvalue weighted by Gasteiger charge is 2.17. The maximum absolute atomic E-state index is 12.1. The van der Waals surface area contributed by atoms with E-state index in [1.54, 1.807) is 30.3 Å². The van der Waals surface area contributed by atoms with E-state index < -0.39 is 0 Å². The first-order valence-electron chi connectivity index (χ1n) is 7.90. The molecule has 0 radical (unpaired) electrons. The number of carbonyl (C=O) groups excluding carboxylic acids is 1. The molecule has 140 valence electrons. The number of hydrogen-bond acceptors (Lipinski definition) is 5. The molecule has 0 saturated heterocycles. The molecule has 0 unspecified atom stereocenters. The van der Waals surface area contributed by atoms with Gasteiger partial charge in [0.1, 0.15) is 5.82 Å². The lowest BCUT2D eigenvalue weighted by Gasteiger charge is -2.09. The Kier molecular flexibility index (Phi) is 6.59. The van der Waals surface area contributed by atoms with Crippen molar-refractivity contribution in [3.63, 3.8) is 0 Å². The number of aromatic nitrogens is 4. The van der Waals surface area contributed by atoms with Crippen molar-refractivity contribution >= 4 is 58.3 Å². The lowest BCUT2D eigenvalue weighted by atomic mass is 10.2. The van der Waals surface area contributed by atoms with E-state index >= 15 is 0 Å². The van der Waals surface area contributed by atoms with Crippen LogP contribution >= 0.6 is 46.6 Å². The van der Waals surface area contributed by atoms with Crippen molar-refractivity contribution in [3.8, 4) is 11.4 Å². The Morgan fingerprint density at radius 2 is 1.93 bits per heavy atom. The molecular formula is C17H14Cl3N5OS. The predicted octanol–water partition coefficient (Wildman–Crippen LogP) is 5.05. The normalized spacial score (nSPS) is 10.8. The van der Waals surface area contributed by atoms with Crippen LogP contribution in [0.4, 0.5) is 5.82 Å². The van der Waals surface area contributed by atoms with Crippen molar-refractivity contribution in [3.05, 3.63) is 51.6 Å². The number of thioether (sulfide) groups is 1. The van der Waals surface area contributed by atoms with Crippen LogP contribution in [-0.4, -0.2) is 31.4 Å². The average molecular weight is 443 g/mol. The van der Waals surface area contributed by atoms with Gasteiger partial charge in [-0.3, -0.25) is 4.79 Å². The standard InChI is InChI=1S/C17H14Cl3N5OS/c1-2-25-16(12-5-3-10(18)7-13(12)20)23-24-17(25)27-9-15(26)22-14-6-4-11(19)8-21-14/h3-8H,2,9H2,1H3,(H,21,22,26). The average Bonchev–Trinajstić information content (AvgIpc) is 3.04. The quantitative estimate of drug-likeness (QED) is 0.541. The molecule has 1 aromatic carbocycles. The summed E-state index contributed by atoms with van der Waals surface area (Å²) in [6, 6.07) is 8.50. The fourth-order valence-electron chi connectivity index (χ4n) is 2.31. The van der Waals surface area contributed by atoms with Gasteiger partial charge in [-0.25, -0.2) is 4.98 Å². The number of hydrogen-bond donors (Lipinski definition) is 1. The third-order valence-electron chi connectivity index (χ3n) is 3.53.